The molecular formula is C19H24N2O2. The van der Waals surface area contributed by atoms with Crippen molar-refractivity contribution in [1.29, 1.82) is 0 Å². The minimum Gasteiger partial charge on any atom is -0.507 e. The number of nitrogen functional groups attached to an aromatic ring is 1. The van der Waals surface area contributed by atoms with Crippen molar-refractivity contribution in [2.24, 2.45) is 5.84 Å². The predicted molar refractivity (Wildman–Crippen MR) is 93.4 cm³/mol. The molecular weight excluding hydrogens is 288 g/mol. The molecule has 0 fully saturated rings. The number of benzene rings is 2. The van der Waals surface area contributed by atoms with Crippen LogP contribution < -0.4 is 11.3 Å². The van der Waals surface area contributed by atoms with E-state index >= 15 is 0 Å². The van der Waals surface area contributed by atoms with E-state index in [-0.39, 0.29) is 16.7 Å². The van der Waals surface area contributed by atoms with E-state index in [0.29, 0.717) is 5.56 Å². The van der Waals surface area contributed by atoms with E-state index < -0.39 is 5.91 Å². The average molecular weight is 312 g/mol. The molecule has 122 valence electrons. The number of phenolic OH excluding ortho intramolecular Hbond substituents is 1. The van der Waals surface area contributed by atoms with Crippen molar-refractivity contribution in [2.75, 3.05) is 0 Å². The van der Waals surface area contributed by atoms with Gasteiger partial charge in [0, 0.05) is 5.56 Å². The third-order valence-electron chi connectivity index (χ3n) is 4.13. The predicted octanol–water partition coefficient (Wildman–Crippen LogP) is 3.58. The molecule has 23 heavy (non-hydrogen) atoms. The van der Waals surface area contributed by atoms with E-state index in [1.165, 1.54) is 11.1 Å². The minimum absolute atomic E-state index is 0.0203. The van der Waals surface area contributed by atoms with Crippen molar-refractivity contribution in [1.82, 2.24) is 5.43 Å². The van der Waals surface area contributed by atoms with E-state index in [1.54, 1.807) is 6.07 Å². The maximum atomic E-state index is 12.0. The van der Waals surface area contributed by atoms with E-state index in [2.05, 4.69) is 31.4 Å². The van der Waals surface area contributed by atoms with Crippen LogP contribution in [0.2, 0.25) is 0 Å². The van der Waals surface area contributed by atoms with E-state index in [0.717, 1.165) is 11.1 Å². The first-order valence-corrected chi connectivity index (χ1v) is 7.61. The van der Waals surface area contributed by atoms with Crippen LogP contribution in [0.5, 0.6) is 5.75 Å². The molecule has 4 N–H and O–H groups in total. The Labute approximate surface area is 137 Å². The van der Waals surface area contributed by atoms with Crippen molar-refractivity contribution in [2.45, 2.75) is 40.0 Å². The number of aryl methyl sites for hydroxylation is 2. The Morgan fingerprint density at radius 3 is 2.22 bits per heavy atom. The van der Waals surface area contributed by atoms with Crippen LogP contribution in [0.25, 0.3) is 11.1 Å². The number of nitrogens with two attached hydrogens (primary N) is 1. The van der Waals surface area contributed by atoms with E-state index in [1.807, 2.05) is 32.9 Å². The fourth-order valence-electron chi connectivity index (χ4n) is 2.54. The highest BCUT2D eigenvalue weighted by Crippen LogP contribution is 2.37. The van der Waals surface area contributed by atoms with Crippen molar-refractivity contribution < 1.29 is 9.90 Å². The van der Waals surface area contributed by atoms with Crippen LogP contribution in [0.4, 0.5) is 0 Å². The third-order valence-corrected chi connectivity index (χ3v) is 4.13. The zero-order valence-corrected chi connectivity index (χ0v) is 14.3. The average Bonchev–Trinajstić information content (AvgIpc) is 2.48. The molecule has 0 saturated heterocycles. The number of nitrogens with one attached hydrogen (secondary N) is 1. The quantitative estimate of drug-likeness (QED) is 0.451. The molecule has 0 spiro atoms. The van der Waals surface area contributed by atoms with Gasteiger partial charge in [-0.15, -0.1) is 0 Å². The molecule has 0 heterocycles. The first kappa shape index (κ1) is 17.0. The van der Waals surface area contributed by atoms with Crippen LogP contribution >= 0.6 is 0 Å². The number of hydrogen-bond acceptors (Lipinski definition) is 3. The molecule has 2 aromatic carbocycles. The summed E-state index contributed by atoms with van der Waals surface area (Å²) in [5, 5.41) is 10.5. The van der Waals surface area contributed by atoms with Crippen LogP contribution in [0.3, 0.4) is 0 Å². The summed E-state index contributed by atoms with van der Waals surface area (Å²) >= 11 is 0. The Bertz CT molecular complexity index is 759. The lowest BCUT2D eigenvalue weighted by atomic mass is 9.83. The van der Waals surface area contributed by atoms with Gasteiger partial charge in [0.15, 0.2) is 0 Å². The summed E-state index contributed by atoms with van der Waals surface area (Å²) in [5.74, 6) is 4.73. The van der Waals surface area contributed by atoms with Gasteiger partial charge in [-0.3, -0.25) is 10.2 Å². The zero-order valence-electron chi connectivity index (χ0n) is 14.3. The first-order valence-electron chi connectivity index (χ1n) is 7.61. The lowest BCUT2D eigenvalue weighted by molar-refractivity contribution is 0.0950. The molecule has 2 aromatic rings. The second-order valence-corrected chi connectivity index (χ2v) is 6.94. The lowest BCUT2D eigenvalue weighted by Crippen LogP contribution is -2.30. The molecule has 0 aliphatic heterocycles. The Balaban J connectivity index is 2.73. The topological polar surface area (TPSA) is 75.4 Å². The molecule has 1 amide bonds. The normalized spacial score (nSPS) is 11.4. The SMILES string of the molecule is Cc1ccc(-c2cc(C(=O)NN)c(O)c(C(C)(C)C)c2)cc1C. The van der Waals surface area contributed by atoms with Crippen molar-refractivity contribution in [3.8, 4) is 16.9 Å². The highest BCUT2D eigenvalue weighted by molar-refractivity contribution is 5.98. The molecule has 0 aliphatic rings. The summed E-state index contributed by atoms with van der Waals surface area (Å²) in [6, 6.07) is 9.77. The second kappa shape index (κ2) is 6.05. The Kier molecular flexibility index (Phi) is 4.48. The minimum atomic E-state index is -0.501. The highest BCUT2D eigenvalue weighted by atomic mass is 16.3. The summed E-state index contributed by atoms with van der Waals surface area (Å²) in [6.45, 7) is 10.1. The van der Waals surface area contributed by atoms with Crippen LogP contribution in [0, 0.1) is 13.8 Å². The van der Waals surface area contributed by atoms with Crippen molar-refractivity contribution >= 4 is 5.91 Å². The fraction of sp³-hybridized carbons (Fsp3) is 0.316. The first-order chi connectivity index (χ1) is 10.6. The second-order valence-electron chi connectivity index (χ2n) is 6.94. The molecule has 2 rings (SSSR count). The number of hydrazine groups is 1. The molecule has 0 bridgehead atoms. The maximum Gasteiger partial charge on any atom is 0.268 e. The maximum absolute atomic E-state index is 12.0. The van der Waals surface area contributed by atoms with Crippen LogP contribution in [0.1, 0.15) is 47.8 Å². The van der Waals surface area contributed by atoms with Gasteiger partial charge in [0.1, 0.15) is 5.75 Å². The van der Waals surface area contributed by atoms with Gasteiger partial charge in [0.2, 0.25) is 0 Å². The van der Waals surface area contributed by atoms with Crippen LogP contribution in [-0.4, -0.2) is 11.0 Å². The standard InChI is InChI=1S/C19H24N2O2/c1-11-6-7-13(8-12(11)2)14-9-15(18(23)21-20)17(22)16(10-14)19(3,4)5/h6-10,22H,20H2,1-5H3,(H,21,23). The molecule has 0 radical (unpaired) electrons. The number of hydrogen-bond donors (Lipinski definition) is 3. The van der Waals surface area contributed by atoms with Gasteiger partial charge >= 0.3 is 0 Å². The largest absolute Gasteiger partial charge is 0.507 e. The lowest BCUT2D eigenvalue weighted by Gasteiger charge is -2.23. The van der Waals surface area contributed by atoms with Gasteiger partial charge in [-0.25, -0.2) is 5.84 Å². The number of phenols is 1. The zero-order chi connectivity index (χ0) is 17.4. The molecule has 4 nitrogen and oxygen atoms in total. The van der Waals surface area contributed by atoms with Crippen molar-refractivity contribution in [3.05, 3.63) is 52.6 Å². The number of carbonyl (C=O) groups excluding carboxylic acids is 1. The van der Waals surface area contributed by atoms with Gasteiger partial charge in [0.05, 0.1) is 5.56 Å². The summed E-state index contributed by atoms with van der Waals surface area (Å²) in [5.41, 5.74) is 6.98. The number of rotatable bonds is 2. The van der Waals surface area contributed by atoms with Gasteiger partial charge in [-0.1, -0.05) is 39.0 Å². The van der Waals surface area contributed by atoms with Crippen LogP contribution in [0.15, 0.2) is 30.3 Å². The van der Waals surface area contributed by atoms with Crippen LogP contribution in [-0.2, 0) is 5.41 Å². The summed E-state index contributed by atoms with van der Waals surface area (Å²) < 4.78 is 0. The molecule has 0 unspecified atom stereocenters. The monoisotopic (exact) mass is 312 g/mol. The number of amides is 1. The Hall–Kier alpha value is -2.33. The molecule has 0 atom stereocenters. The van der Waals surface area contributed by atoms with Crippen molar-refractivity contribution in [3.63, 3.8) is 0 Å². The highest BCUT2D eigenvalue weighted by Gasteiger charge is 2.24. The Morgan fingerprint density at radius 2 is 1.70 bits per heavy atom. The summed E-state index contributed by atoms with van der Waals surface area (Å²) in [4.78, 5) is 12.0. The van der Waals surface area contributed by atoms with E-state index in [4.69, 9.17) is 5.84 Å². The Morgan fingerprint density at radius 1 is 1.04 bits per heavy atom. The van der Waals surface area contributed by atoms with Gasteiger partial charge in [0.25, 0.3) is 5.91 Å². The smallest absolute Gasteiger partial charge is 0.268 e. The van der Waals surface area contributed by atoms with Gasteiger partial charge in [-0.2, -0.15) is 0 Å². The van der Waals surface area contributed by atoms with E-state index in [9.17, 15) is 9.90 Å². The summed E-state index contributed by atoms with van der Waals surface area (Å²) in [6.07, 6.45) is 0. The van der Waals surface area contributed by atoms with Gasteiger partial charge < -0.3 is 5.11 Å². The van der Waals surface area contributed by atoms with Gasteiger partial charge in [-0.05, 0) is 53.6 Å². The molecule has 0 aliphatic carbocycles. The molecule has 4 heteroatoms. The molecule has 0 aromatic heterocycles. The number of carbonyl (C=O) groups is 1. The third kappa shape index (κ3) is 3.37. The summed E-state index contributed by atoms with van der Waals surface area (Å²) in [7, 11) is 0. The fourth-order valence-corrected chi connectivity index (χ4v) is 2.54. The molecule has 0 saturated carbocycles. The number of aromatic hydroxyl groups is 1.